The minimum Gasteiger partial charge on any atom is -0.380 e. The molecule has 3 nitrogen and oxygen atoms in total. The summed E-state index contributed by atoms with van der Waals surface area (Å²) in [7, 11) is 0. The van der Waals surface area contributed by atoms with Crippen LogP contribution in [0.15, 0.2) is 18.3 Å². The lowest BCUT2D eigenvalue weighted by molar-refractivity contribution is 0.276. The van der Waals surface area contributed by atoms with E-state index in [1.165, 1.54) is 19.3 Å². The molecule has 2 rings (SSSR count). The van der Waals surface area contributed by atoms with Crippen LogP contribution in [0, 0.1) is 23.2 Å². The summed E-state index contributed by atoms with van der Waals surface area (Å²) in [5.74, 6) is 1.48. The molecule has 1 aliphatic carbocycles. The number of nitriles is 1. The topological polar surface area (TPSA) is 48.7 Å². The minimum absolute atomic E-state index is 0.475. The minimum atomic E-state index is 0.475. The van der Waals surface area contributed by atoms with E-state index in [-0.39, 0.29) is 0 Å². The number of nitrogens with zero attached hydrogens (tertiary/aromatic N) is 2. The quantitative estimate of drug-likeness (QED) is 0.847. The van der Waals surface area contributed by atoms with E-state index < -0.39 is 0 Å². The maximum atomic E-state index is 9.00. The monoisotopic (exact) mass is 229 g/mol. The molecular weight excluding hydrogens is 210 g/mol. The van der Waals surface area contributed by atoms with E-state index in [0.29, 0.717) is 17.7 Å². The second-order valence-corrected chi connectivity index (χ2v) is 5.16. The van der Waals surface area contributed by atoms with Gasteiger partial charge in [-0.25, -0.2) is 4.98 Å². The molecule has 0 bridgehead atoms. The fourth-order valence-corrected chi connectivity index (χ4v) is 2.69. The van der Waals surface area contributed by atoms with Gasteiger partial charge in [0.25, 0.3) is 0 Å². The highest BCUT2D eigenvalue weighted by Gasteiger charge is 2.25. The van der Waals surface area contributed by atoms with Crippen molar-refractivity contribution >= 4 is 5.69 Å². The van der Waals surface area contributed by atoms with Gasteiger partial charge in [0.05, 0.1) is 5.69 Å². The standard InChI is InChI=1S/C14H19N3/c1-10-5-6-12(11(2)8-10)17-13-4-3-7-16-14(13)9-15/h3-4,7,10-12,17H,5-6,8H2,1-2H3. The molecule has 0 amide bonds. The molecule has 0 aromatic carbocycles. The summed E-state index contributed by atoms with van der Waals surface area (Å²) in [5.41, 5.74) is 1.37. The van der Waals surface area contributed by atoms with Gasteiger partial charge in [-0.1, -0.05) is 13.8 Å². The number of hydrogen-bond donors (Lipinski definition) is 1. The van der Waals surface area contributed by atoms with Crippen molar-refractivity contribution in [1.29, 1.82) is 5.26 Å². The van der Waals surface area contributed by atoms with Crippen LogP contribution in [0.4, 0.5) is 5.69 Å². The van der Waals surface area contributed by atoms with Gasteiger partial charge in [0.2, 0.25) is 0 Å². The first-order valence-electron chi connectivity index (χ1n) is 6.32. The summed E-state index contributed by atoms with van der Waals surface area (Å²) in [5, 5.41) is 12.5. The molecule has 17 heavy (non-hydrogen) atoms. The molecule has 1 fully saturated rings. The summed E-state index contributed by atoms with van der Waals surface area (Å²) < 4.78 is 0. The van der Waals surface area contributed by atoms with Crippen LogP contribution in [0.25, 0.3) is 0 Å². The normalized spacial score (nSPS) is 28.4. The largest absolute Gasteiger partial charge is 0.380 e. The van der Waals surface area contributed by atoms with E-state index in [4.69, 9.17) is 5.26 Å². The second-order valence-electron chi connectivity index (χ2n) is 5.16. The lowest BCUT2D eigenvalue weighted by atomic mass is 9.80. The third kappa shape index (κ3) is 2.76. The number of hydrogen-bond acceptors (Lipinski definition) is 3. The first-order chi connectivity index (χ1) is 8.20. The molecule has 1 heterocycles. The van der Waals surface area contributed by atoms with Crippen LogP contribution in [-0.2, 0) is 0 Å². The molecule has 1 saturated carbocycles. The van der Waals surface area contributed by atoms with Crippen molar-refractivity contribution in [2.45, 2.75) is 39.2 Å². The summed E-state index contributed by atoms with van der Waals surface area (Å²) >= 11 is 0. The predicted molar refractivity (Wildman–Crippen MR) is 68.5 cm³/mol. The van der Waals surface area contributed by atoms with Gasteiger partial charge in [-0.2, -0.15) is 5.26 Å². The van der Waals surface area contributed by atoms with Crippen molar-refractivity contribution in [3.05, 3.63) is 24.0 Å². The molecule has 3 heteroatoms. The smallest absolute Gasteiger partial charge is 0.163 e. The molecule has 1 N–H and O–H groups in total. The zero-order chi connectivity index (χ0) is 12.3. The van der Waals surface area contributed by atoms with Gasteiger partial charge in [-0.05, 0) is 43.2 Å². The van der Waals surface area contributed by atoms with Gasteiger partial charge in [0.15, 0.2) is 5.69 Å². The third-order valence-corrected chi connectivity index (χ3v) is 3.69. The Bertz CT molecular complexity index is 422. The maximum absolute atomic E-state index is 9.00. The Morgan fingerprint density at radius 1 is 1.41 bits per heavy atom. The summed E-state index contributed by atoms with van der Waals surface area (Å²) in [6, 6.07) is 6.42. The Balaban J connectivity index is 2.08. The van der Waals surface area contributed by atoms with Gasteiger partial charge in [0, 0.05) is 12.2 Å². The van der Waals surface area contributed by atoms with Gasteiger partial charge in [-0.3, -0.25) is 0 Å². The van der Waals surface area contributed by atoms with Crippen molar-refractivity contribution in [1.82, 2.24) is 4.98 Å². The Kier molecular flexibility index (Phi) is 3.63. The fraction of sp³-hybridized carbons (Fsp3) is 0.571. The van der Waals surface area contributed by atoms with Crippen molar-refractivity contribution in [2.75, 3.05) is 5.32 Å². The zero-order valence-corrected chi connectivity index (χ0v) is 10.5. The SMILES string of the molecule is CC1CCC(Nc2cccnc2C#N)C(C)C1. The van der Waals surface area contributed by atoms with E-state index in [1.807, 2.05) is 12.1 Å². The van der Waals surface area contributed by atoms with E-state index in [0.717, 1.165) is 11.6 Å². The molecule has 1 aliphatic rings. The highest BCUT2D eigenvalue weighted by molar-refractivity contribution is 5.53. The average Bonchev–Trinajstić information content (AvgIpc) is 2.33. The summed E-state index contributed by atoms with van der Waals surface area (Å²) in [6.07, 6.45) is 5.38. The first-order valence-corrected chi connectivity index (χ1v) is 6.32. The van der Waals surface area contributed by atoms with Crippen LogP contribution in [0.2, 0.25) is 0 Å². The Hall–Kier alpha value is -1.56. The number of pyridine rings is 1. The molecule has 0 aliphatic heterocycles. The van der Waals surface area contributed by atoms with Crippen molar-refractivity contribution in [2.24, 2.45) is 11.8 Å². The average molecular weight is 229 g/mol. The third-order valence-electron chi connectivity index (χ3n) is 3.69. The van der Waals surface area contributed by atoms with Gasteiger partial charge >= 0.3 is 0 Å². The first kappa shape index (κ1) is 11.9. The highest BCUT2D eigenvalue weighted by atomic mass is 14.9. The van der Waals surface area contributed by atoms with E-state index >= 15 is 0 Å². The summed E-state index contributed by atoms with van der Waals surface area (Å²) in [6.45, 7) is 4.60. The molecular formula is C14H19N3. The molecule has 1 aromatic heterocycles. The summed E-state index contributed by atoms with van der Waals surface area (Å²) in [4.78, 5) is 4.08. The van der Waals surface area contributed by atoms with E-state index in [2.05, 4.69) is 30.2 Å². The van der Waals surface area contributed by atoms with Gasteiger partial charge in [-0.15, -0.1) is 0 Å². The van der Waals surface area contributed by atoms with Crippen LogP contribution in [0.3, 0.4) is 0 Å². The number of anilines is 1. The predicted octanol–water partition coefficient (Wildman–Crippen LogP) is 3.19. The van der Waals surface area contributed by atoms with Crippen LogP contribution in [0.5, 0.6) is 0 Å². The molecule has 90 valence electrons. The lowest BCUT2D eigenvalue weighted by Gasteiger charge is -2.33. The van der Waals surface area contributed by atoms with Crippen LogP contribution < -0.4 is 5.32 Å². The van der Waals surface area contributed by atoms with Gasteiger partial charge < -0.3 is 5.32 Å². The molecule has 1 aromatic rings. The molecule has 0 saturated heterocycles. The lowest BCUT2D eigenvalue weighted by Crippen LogP contribution is -2.33. The number of aromatic nitrogens is 1. The molecule has 3 atom stereocenters. The number of nitrogens with one attached hydrogen (secondary N) is 1. The molecule has 0 spiro atoms. The van der Waals surface area contributed by atoms with Crippen LogP contribution in [0.1, 0.15) is 38.8 Å². The van der Waals surface area contributed by atoms with Crippen molar-refractivity contribution in [3.8, 4) is 6.07 Å². The maximum Gasteiger partial charge on any atom is 0.163 e. The van der Waals surface area contributed by atoms with E-state index in [9.17, 15) is 0 Å². The highest BCUT2D eigenvalue weighted by Crippen LogP contribution is 2.31. The Morgan fingerprint density at radius 3 is 2.94 bits per heavy atom. The van der Waals surface area contributed by atoms with Crippen LogP contribution in [-0.4, -0.2) is 11.0 Å². The van der Waals surface area contributed by atoms with E-state index in [1.54, 1.807) is 6.20 Å². The zero-order valence-electron chi connectivity index (χ0n) is 10.5. The van der Waals surface area contributed by atoms with Crippen molar-refractivity contribution in [3.63, 3.8) is 0 Å². The second kappa shape index (κ2) is 5.18. The molecule has 3 unspecified atom stereocenters. The van der Waals surface area contributed by atoms with Crippen LogP contribution >= 0.6 is 0 Å². The number of rotatable bonds is 2. The fourth-order valence-electron chi connectivity index (χ4n) is 2.69. The Morgan fingerprint density at radius 2 is 2.24 bits per heavy atom. The van der Waals surface area contributed by atoms with Gasteiger partial charge in [0.1, 0.15) is 6.07 Å². The Labute approximate surface area is 103 Å². The van der Waals surface area contributed by atoms with Crippen molar-refractivity contribution < 1.29 is 0 Å². The molecule has 0 radical (unpaired) electrons.